The molecule has 3 aromatic heterocycles. The van der Waals surface area contributed by atoms with Gasteiger partial charge in [0.2, 0.25) is 5.78 Å². The number of hydrogen-bond donors (Lipinski definition) is 3. The predicted octanol–water partition coefficient (Wildman–Crippen LogP) is 3.96. The molecular formula is C23H13F3N4O5. The molecule has 3 N–H and O–H groups in total. The van der Waals surface area contributed by atoms with Crippen molar-refractivity contribution in [3.63, 3.8) is 0 Å². The van der Waals surface area contributed by atoms with E-state index in [9.17, 15) is 27.6 Å². The van der Waals surface area contributed by atoms with Crippen LogP contribution in [0.15, 0.2) is 53.6 Å². The van der Waals surface area contributed by atoms with Gasteiger partial charge in [0.15, 0.2) is 0 Å². The molecule has 0 bridgehead atoms. The predicted molar refractivity (Wildman–Crippen MR) is 116 cm³/mol. The molecule has 9 nitrogen and oxygen atoms in total. The van der Waals surface area contributed by atoms with Crippen molar-refractivity contribution >= 4 is 33.9 Å². The lowest BCUT2D eigenvalue weighted by atomic mass is 10.0. The highest BCUT2D eigenvalue weighted by Crippen LogP contribution is 2.24. The smallest absolute Gasteiger partial charge is 0.449 e. The number of ketones is 1. The number of ether oxygens (including phenoxy) is 1. The molecule has 0 unspecified atom stereocenters. The van der Waals surface area contributed by atoms with Crippen LogP contribution in [0.25, 0.3) is 21.9 Å². The molecule has 0 amide bonds. The summed E-state index contributed by atoms with van der Waals surface area (Å²) >= 11 is 0. The first kappa shape index (κ1) is 21.9. The Morgan fingerprint density at radius 2 is 1.83 bits per heavy atom. The maximum absolute atomic E-state index is 14.1. The number of halogens is 3. The van der Waals surface area contributed by atoms with Gasteiger partial charge in [-0.1, -0.05) is 0 Å². The van der Waals surface area contributed by atoms with Gasteiger partial charge >= 0.3 is 6.16 Å². The van der Waals surface area contributed by atoms with E-state index in [1.165, 1.54) is 29.0 Å². The molecule has 35 heavy (non-hydrogen) atoms. The second-order valence-electron chi connectivity index (χ2n) is 7.54. The highest BCUT2D eigenvalue weighted by Gasteiger charge is 2.24. The van der Waals surface area contributed by atoms with Gasteiger partial charge < -0.3 is 24.4 Å². The number of carbonyl (C=O) groups excluding carboxylic acids is 1. The monoisotopic (exact) mass is 482 g/mol. The number of hydrogen-bond acceptors (Lipinski definition) is 5. The van der Waals surface area contributed by atoms with Gasteiger partial charge in [-0.2, -0.15) is 0 Å². The Balaban J connectivity index is 1.48. The van der Waals surface area contributed by atoms with Crippen molar-refractivity contribution < 1.29 is 32.6 Å². The zero-order valence-corrected chi connectivity index (χ0v) is 17.4. The fourth-order valence-corrected chi connectivity index (χ4v) is 3.81. The van der Waals surface area contributed by atoms with Crippen LogP contribution in [-0.2, 0) is 6.54 Å². The Kier molecular flexibility index (Phi) is 5.12. The summed E-state index contributed by atoms with van der Waals surface area (Å²) < 4.78 is 47.3. The van der Waals surface area contributed by atoms with E-state index < -0.39 is 40.5 Å². The maximum atomic E-state index is 14.1. The molecule has 0 aliphatic heterocycles. The Bertz CT molecular complexity index is 1700. The van der Waals surface area contributed by atoms with Gasteiger partial charge in [-0.25, -0.2) is 22.9 Å². The number of H-pyrrole nitrogens is 2. The first-order chi connectivity index (χ1) is 16.7. The minimum absolute atomic E-state index is 0.00208. The molecule has 2 aromatic carbocycles. The summed E-state index contributed by atoms with van der Waals surface area (Å²) in [5, 5.41) is 8.87. The van der Waals surface area contributed by atoms with Gasteiger partial charge in [-0.3, -0.25) is 9.59 Å². The highest BCUT2D eigenvalue weighted by molar-refractivity contribution is 6.16. The number of aromatic amines is 2. The SMILES string of the molecule is O=C(O)Oc1ccc2[nH]c(Cn3ccc4c(C(=O)c5c(F)cc(F)cc5F)c[nH]c4c3=O)nc2c1. The number of rotatable bonds is 5. The fraction of sp³-hybridized carbons (Fsp3) is 0.0435. The molecule has 176 valence electrons. The number of imidazole rings is 1. The number of fused-ring (bicyclic) bond motifs is 2. The molecule has 0 saturated heterocycles. The van der Waals surface area contributed by atoms with Crippen molar-refractivity contribution in [1.29, 1.82) is 0 Å². The third-order valence-electron chi connectivity index (χ3n) is 5.32. The van der Waals surface area contributed by atoms with E-state index in [0.717, 1.165) is 6.20 Å². The third-order valence-corrected chi connectivity index (χ3v) is 5.32. The second-order valence-corrected chi connectivity index (χ2v) is 7.54. The normalized spacial score (nSPS) is 11.3. The van der Waals surface area contributed by atoms with Crippen molar-refractivity contribution in [2.24, 2.45) is 0 Å². The summed E-state index contributed by atoms with van der Waals surface area (Å²) in [7, 11) is 0. The maximum Gasteiger partial charge on any atom is 0.511 e. The topological polar surface area (TPSA) is 130 Å². The van der Waals surface area contributed by atoms with Gasteiger partial charge in [-0.05, 0) is 18.2 Å². The standard InChI is InChI=1S/C23H13F3N4O5/c24-10-5-14(25)19(15(26)6-10)21(31)13-8-27-20-12(13)3-4-30(22(20)32)9-18-28-16-2-1-11(35-23(33)34)7-17(16)29-18/h1-8,27H,9H2,(H,28,29)(H,33,34). The molecule has 0 atom stereocenters. The van der Waals surface area contributed by atoms with Crippen molar-refractivity contribution in [2.45, 2.75) is 6.54 Å². The summed E-state index contributed by atoms with van der Waals surface area (Å²) in [5.41, 5.74) is -0.579. The van der Waals surface area contributed by atoms with Gasteiger partial charge in [0, 0.05) is 41.5 Å². The molecule has 0 aliphatic rings. The largest absolute Gasteiger partial charge is 0.511 e. The second kappa shape index (κ2) is 8.17. The molecule has 5 aromatic rings. The molecule has 3 heterocycles. The molecule has 0 spiro atoms. The zero-order valence-electron chi connectivity index (χ0n) is 17.4. The van der Waals surface area contributed by atoms with E-state index in [1.54, 1.807) is 6.07 Å². The molecule has 0 aliphatic carbocycles. The average Bonchev–Trinajstić information content (AvgIpc) is 3.38. The average molecular weight is 482 g/mol. The van der Waals surface area contributed by atoms with Crippen molar-refractivity contribution in [3.05, 3.63) is 93.5 Å². The van der Waals surface area contributed by atoms with Crippen LogP contribution in [-0.4, -0.2) is 36.6 Å². The van der Waals surface area contributed by atoms with Crippen LogP contribution in [0.5, 0.6) is 5.75 Å². The molecule has 5 rings (SSSR count). The Morgan fingerprint density at radius 3 is 2.54 bits per heavy atom. The lowest BCUT2D eigenvalue weighted by Crippen LogP contribution is -2.20. The Labute approximate surface area is 192 Å². The van der Waals surface area contributed by atoms with E-state index in [-0.39, 0.29) is 28.8 Å². The number of aromatic nitrogens is 4. The molecule has 12 heteroatoms. The van der Waals surface area contributed by atoms with Gasteiger partial charge in [0.05, 0.1) is 23.1 Å². The van der Waals surface area contributed by atoms with E-state index in [4.69, 9.17) is 5.11 Å². The number of pyridine rings is 1. The summed E-state index contributed by atoms with van der Waals surface area (Å²) in [6.45, 7) is 0.00208. The third kappa shape index (κ3) is 3.90. The molecule has 0 saturated carbocycles. The van der Waals surface area contributed by atoms with Gasteiger partial charge in [0.1, 0.15) is 34.5 Å². The van der Waals surface area contributed by atoms with E-state index in [2.05, 4.69) is 19.7 Å². The minimum Gasteiger partial charge on any atom is -0.449 e. The number of carboxylic acid groups (broad SMARTS) is 1. The molecular weight excluding hydrogens is 469 g/mol. The number of benzene rings is 2. The van der Waals surface area contributed by atoms with E-state index >= 15 is 0 Å². The highest BCUT2D eigenvalue weighted by atomic mass is 19.1. The van der Waals surface area contributed by atoms with Crippen LogP contribution in [0.4, 0.5) is 18.0 Å². The van der Waals surface area contributed by atoms with Gasteiger partial charge in [0.25, 0.3) is 5.56 Å². The van der Waals surface area contributed by atoms with Crippen LogP contribution >= 0.6 is 0 Å². The Morgan fingerprint density at radius 1 is 1.09 bits per heavy atom. The summed E-state index contributed by atoms with van der Waals surface area (Å²) in [6, 6.07) is 6.69. The summed E-state index contributed by atoms with van der Waals surface area (Å²) in [6.07, 6.45) is 1.08. The van der Waals surface area contributed by atoms with Crippen molar-refractivity contribution in [2.75, 3.05) is 0 Å². The fourth-order valence-electron chi connectivity index (χ4n) is 3.81. The molecule has 0 radical (unpaired) electrons. The van der Waals surface area contributed by atoms with E-state index in [1.807, 2.05) is 0 Å². The van der Waals surface area contributed by atoms with Crippen LogP contribution in [0, 0.1) is 17.5 Å². The minimum atomic E-state index is -1.46. The quantitative estimate of drug-likeness (QED) is 0.198. The summed E-state index contributed by atoms with van der Waals surface area (Å²) in [4.78, 5) is 46.4. The lowest BCUT2D eigenvalue weighted by molar-refractivity contribution is 0.103. The summed E-state index contributed by atoms with van der Waals surface area (Å²) in [5.74, 6) is -4.44. The Hall–Kier alpha value is -4.87. The lowest BCUT2D eigenvalue weighted by Gasteiger charge is -2.05. The van der Waals surface area contributed by atoms with Crippen LogP contribution < -0.4 is 10.3 Å². The van der Waals surface area contributed by atoms with Crippen LogP contribution in [0.2, 0.25) is 0 Å². The van der Waals surface area contributed by atoms with Gasteiger partial charge in [-0.15, -0.1) is 0 Å². The van der Waals surface area contributed by atoms with Crippen LogP contribution in [0.1, 0.15) is 21.7 Å². The molecule has 0 fully saturated rings. The van der Waals surface area contributed by atoms with Crippen molar-refractivity contribution in [3.8, 4) is 5.75 Å². The first-order valence-electron chi connectivity index (χ1n) is 10.0. The zero-order chi connectivity index (χ0) is 24.9. The number of nitrogens with one attached hydrogen (secondary N) is 2. The first-order valence-corrected chi connectivity index (χ1v) is 10.0. The van der Waals surface area contributed by atoms with Crippen LogP contribution in [0.3, 0.4) is 0 Å². The van der Waals surface area contributed by atoms with Crippen molar-refractivity contribution in [1.82, 2.24) is 19.5 Å². The van der Waals surface area contributed by atoms with E-state index in [0.29, 0.717) is 29.0 Å². The number of nitrogens with zero attached hydrogens (tertiary/aromatic N) is 2. The number of carbonyl (C=O) groups is 2.